The van der Waals surface area contributed by atoms with Crippen molar-refractivity contribution < 1.29 is 14.7 Å². The highest BCUT2D eigenvalue weighted by molar-refractivity contribution is 7.07. The molecule has 1 amide bonds. The Balaban J connectivity index is 2.62. The SMILES string of the molecule is CCCN(CC(=O)O)C(=O)CCn1c(C)csc1=O. The van der Waals surface area contributed by atoms with Gasteiger partial charge >= 0.3 is 10.8 Å². The molecule has 0 bridgehead atoms. The number of aliphatic carboxylic acids is 1. The van der Waals surface area contributed by atoms with E-state index in [9.17, 15) is 14.4 Å². The van der Waals surface area contributed by atoms with Gasteiger partial charge in [-0.15, -0.1) is 0 Å². The second-order valence-electron chi connectivity index (χ2n) is 4.25. The number of carbonyl (C=O) groups is 2. The van der Waals surface area contributed by atoms with Crippen LogP contribution in [-0.4, -0.2) is 39.5 Å². The maximum atomic E-state index is 11.9. The second-order valence-corrected chi connectivity index (χ2v) is 5.07. The average molecular weight is 286 g/mol. The Kier molecular flexibility index (Phi) is 5.75. The minimum absolute atomic E-state index is 0.0921. The zero-order valence-corrected chi connectivity index (χ0v) is 11.9. The van der Waals surface area contributed by atoms with Gasteiger partial charge in [0.15, 0.2) is 0 Å². The minimum atomic E-state index is -1.02. The van der Waals surface area contributed by atoms with Crippen LogP contribution in [0.25, 0.3) is 0 Å². The first-order valence-electron chi connectivity index (χ1n) is 6.10. The van der Waals surface area contributed by atoms with Gasteiger partial charge in [0.2, 0.25) is 5.91 Å². The quantitative estimate of drug-likeness (QED) is 0.808. The summed E-state index contributed by atoms with van der Waals surface area (Å²) in [5, 5.41) is 10.5. The lowest BCUT2D eigenvalue weighted by molar-refractivity contribution is -0.144. The number of carbonyl (C=O) groups excluding carboxylic acids is 1. The summed E-state index contributed by atoms with van der Waals surface area (Å²) in [4.78, 5) is 35.3. The number of carboxylic acids is 1. The van der Waals surface area contributed by atoms with Crippen molar-refractivity contribution in [1.82, 2.24) is 9.47 Å². The molecule has 0 radical (unpaired) electrons. The number of carboxylic acid groups (broad SMARTS) is 1. The van der Waals surface area contributed by atoms with Crippen molar-refractivity contribution in [3.05, 3.63) is 20.7 Å². The van der Waals surface area contributed by atoms with Gasteiger partial charge in [0.05, 0.1) is 0 Å². The molecular weight excluding hydrogens is 268 g/mol. The third kappa shape index (κ3) is 4.51. The van der Waals surface area contributed by atoms with Crippen LogP contribution in [0.4, 0.5) is 0 Å². The third-order valence-electron chi connectivity index (χ3n) is 2.70. The number of thiazole rings is 1. The summed E-state index contributed by atoms with van der Waals surface area (Å²) in [5.74, 6) is -1.26. The molecule has 0 atom stereocenters. The molecule has 0 spiro atoms. The van der Waals surface area contributed by atoms with E-state index < -0.39 is 5.97 Å². The van der Waals surface area contributed by atoms with Crippen molar-refractivity contribution in [1.29, 1.82) is 0 Å². The summed E-state index contributed by atoms with van der Waals surface area (Å²) >= 11 is 1.10. The standard InChI is InChI=1S/C12H18N2O4S/c1-3-5-13(7-11(16)17)10(15)4-6-14-9(2)8-19-12(14)18/h8H,3-7H2,1-2H3,(H,16,17). The van der Waals surface area contributed by atoms with Gasteiger partial charge in [-0.3, -0.25) is 14.4 Å². The molecule has 19 heavy (non-hydrogen) atoms. The molecule has 0 fully saturated rings. The van der Waals surface area contributed by atoms with Crippen LogP contribution in [-0.2, 0) is 16.1 Å². The van der Waals surface area contributed by atoms with Crippen LogP contribution in [0.3, 0.4) is 0 Å². The fourth-order valence-electron chi connectivity index (χ4n) is 1.77. The molecule has 0 saturated carbocycles. The van der Waals surface area contributed by atoms with Gasteiger partial charge in [-0.25, -0.2) is 0 Å². The molecule has 106 valence electrons. The number of hydrogen-bond donors (Lipinski definition) is 1. The van der Waals surface area contributed by atoms with Crippen molar-refractivity contribution >= 4 is 23.2 Å². The van der Waals surface area contributed by atoms with Crippen molar-refractivity contribution in [2.45, 2.75) is 33.2 Å². The third-order valence-corrected chi connectivity index (χ3v) is 3.58. The van der Waals surface area contributed by atoms with Gasteiger partial charge in [0, 0.05) is 30.6 Å². The molecule has 1 aromatic rings. The molecule has 0 aliphatic carbocycles. The van der Waals surface area contributed by atoms with Gasteiger partial charge in [-0.05, 0) is 13.3 Å². The fourth-order valence-corrected chi connectivity index (χ4v) is 2.53. The van der Waals surface area contributed by atoms with Crippen molar-refractivity contribution in [2.75, 3.05) is 13.1 Å². The van der Waals surface area contributed by atoms with Crippen LogP contribution < -0.4 is 4.87 Å². The molecule has 1 N–H and O–H groups in total. The number of hydrogen-bond acceptors (Lipinski definition) is 4. The van der Waals surface area contributed by atoms with Gasteiger partial charge in [-0.2, -0.15) is 0 Å². The highest BCUT2D eigenvalue weighted by atomic mass is 32.1. The first-order valence-corrected chi connectivity index (χ1v) is 6.98. The Morgan fingerprint density at radius 3 is 2.63 bits per heavy atom. The Bertz CT molecular complexity index is 506. The molecule has 0 unspecified atom stereocenters. The van der Waals surface area contributed by atoms with Crippen LogP contribution in [0.15, 0.2) is 10.2 Å². The minimum Gasteiger partial charge on any atom is -0.480 e. The van der Waals surface area contributed by atoms with Crippen LogP contribution in [0, 0.1) is 6.92 Å². The lowest BCUT2D eigenvalue weighted by atomic mass is 10.3. The monoisotopic (exact) mass is 286 g/mol. The van der Waals surface area contributed by atoms with Crippen LogP contribution in [0.1, 0.15) is 25.5 Å². The fraction of sp³-hybridized carbons (Fsp3) is 0.583. The van der Waals surface area contributed by atoms with Crippen LogP contribution in [0.2, 0.25) is 0 Å². The van der Waals surface area contributed by atoms with Crippen molar-refractivity contribution in [3.8, 4) is 0 Å². The number of aryl methyl sites for hydroxylation is 1. The molecule has 0 aromatic carbocycles. The van der Waals surface area contributed by atoms with E-state index in [2.05, 4.69) is 0 Å². The average Bonchev–Trinajstić information content (AvgIpc) is 2.65. The summed E-state index contributed by atoms with van der Waals surface area (Å²) in [6, 6.07) is 0. The second kappa shape index (κ2) is 7.08. The Morgan fingerprint density at radius 2 is 2.16 bits per heavy atom. The predicted molar refractivity (Wildman–Crippen MR) is 72.4 cm³/mol. The molecule has 1 aromatic heterocycles. The maximum Gasteiger partial charge on any atom is 0.323 e. The van der Waals surface area contributed by atoms with Crippen LogP contribution >= 0.6 is 11.3 Å². The van der Waals surface area contributed by atoms with Crippen molar-refractivity contribution in [3.63, 3.8) is 0 Å². The van der Waals surface area contributed by atoms with E-state index in [1.165, 1.54) is 9.47 Å². The smallest absolute Gasteiger partial charge is 0.323 e. The molecule has 0 saturated heterocycles. The highest BCUT2D eigenvalue weighted by Crippen LogP contribution is 2.03. The van der Waals surface area contributed by atoms with E-state index in [0.717, 1.165) is 17.0 Å². The predicted octanol–water partition coefficient (Wildman–Crippen LogP) is 0.932. The first kappa shape index (κ1) is 15.4. The number of nitrogens with zero attached hydrogens (tertiary/aromatic N) is 2. The molecular formula is C12H18N2O4S. The van der Waals surface area contributed by atoms with Gasteiger partial charge < -0.3 is 14.6 Å². The molecule has 6 nitrogen and oxygen atoms in total. The van der Waals surface area contributed by atoms with Crippen molar-refractivity contribution in [2.24, 2.45) is 0 Å². The molecule has 0 aliphatic rings. The van der Waals surface area contributed by atoms with E-state index in [1.807, 2.05) is 13.8 Å². The first-order chi connectivity index (χ1) is 8.95. The van der Waals surface area contributed by atoms with E-state index in [0.29, 0.717) is 19.5 Å². The van der Waals surface area contributed by atoms with E-state index in [-0.39, 0.29) is 23.7 Å². The normalized spacial score (nSPS) is 10.4. The highest BCUT2D eigenvalue weighted by Gasteiger charge is 2.16. The summed E-state index contributed by atoms with van der Waals surface area (Å²) < 4.78 is 1.54. The van der Waals surface area contributed by atoms with Crippen LogP contribution in [0.5, 0.6) is 0 Å². The Labute approximate surface area is 115 Å². The zero-order chi connectivity index (χ0) is 14.4. The summed E-state index contributed by atoms with van der Waals surface area (Å²) in [6.45, 7) is 4.12. The lowest BCUT2D eigenvalue weighted by Gasteiger charge is -2.20. The van der Waals surface area contributed by atoms with E-state index in [1.54, 1.807) is 5.38 Å². The van der Waals surface area contributed by atoms with E-state index >= 15 is 0 Å². The Morgan fingerprint density at radius 1 is 1.47 bits per heavy atom. The summed E-state index contributed by atoms with van der Waals surface area (Å²) in [6.07, 6.45) is 0.848. The molecule has 1 rings (SSSR count). The topological polar surface area (TPSA) is 79.6 Å². The van der Waals surface area contributed by atoms with Gasteiger partial charge in [0.1, 0.15) is 6.54 Å². The molecule has 0 aliphatic heterocycles. The number of rotatable bonds is 7. The number of aromatic nitrogens is 1. The maximum absolute atomic E-state index is 11.9. The summed E-state index contributed by atoms with van der Waals surface area (Å²) in [7, 11) is 0. The molecule has 7 heteroatoms. The lowest BCUT2D eigenvalue weighted by Crippen LogP contribution is -2.37. The Hall–Kier alpha value is -1.63. The van der Waals surface area contributed by atoms with Gasteiger partial charge in [0.25, 0.3) is 0 Å². The largest absolute Gasteiger partial charge is 0.480 e. The van der Waals surface area contributed by atoms with Gasteiger partial charge in [-0.1, -0.05) is 18.3 Å². The van der Waals surface area contributed by atoms with E-state index in [4.69, 9.17) is 5.11 Å². The summed E-state index contributed by atoms with van der Waals surface area (Å²) in [5.41, 5.74) is 0.822. The number of amides is 1. The zero-order valence-electron chi connectivity index (χ0n) is 11.1. The molecule has 1 heterocycles.